The molecule has 0 radical (unpaired) electrons. The van der Waals surface area contributed by atoms with Crippen LogP contribution in [0.4, 0.5) is 0 Å². The first-order valence-electron chi connectivity index (χ1n) is 5.66. The van der Waals surface area contributed by atoms with Crippen molar-refractivity contribution in [1.82, 2.24) is 0 Å². The van der Waals surface area contributed by atoms with Gasteiger partial charge < -0.3 is 0 Å². The second-order valence-electron chi connectivity index (χ2n) is 3.72. The molecular formula is C11H22O3S. The van der Waals surface area contributed by atoms with E-state index in [9.17, 15) is 8.42 Å². The molecule has 90 valence electrons. The molecule has 3 nitrogen and oxygen atoms in total. The molecule has 0 aromatic rings. The van der Waals surface area contributed by atoms with Gasteiger partial charge in [-0.05, 0) is 25.7 Å². The van der Waals surface area contributed by atoms with E-state index < -0.39 is 10.1 Å². The molecule has 0 aromatic carbocycles. The fraction of sp³-hybridized carbons (Fsp3) is 0.818. The van der Waals surface area contributed by atoms with Crippen LogP contribution in [0.15, 0.2) is 12.2 Å². The summed E-state index contributed by atoms with van der Waals surface area (Å²) in [6.45, 7) is 2.12. The molecule has 4 heteroatoms. The molecule has 0 aliphatic heterocycles. The Labute approximate surface area is 93.3 Å². The maximum Gasteiger partial charge on any atom is 0.264 e. The maximum absolute atomic E-state index is 10.4. The fourth-order valence-corrected chi connectivity index (χ4v) is 1.93. The van der Waals surface area contributed by atoms with Gasteiger partial charge in [-0.3, -0.25) is 4.55 Å². The summed E-state index contributed by atoms with van der Waals surface area (Å²) in [4.78, 5) is 0. The van der Waals surface area contributed by atoms with Crippen LogP contribution in [0.1, 0.15) is 51.9 Å². The van der Waals surface area contributed by atoms with Gasteiger partial charge in [-0.1, -0.05) is 38.3 Å². The summed E-state index contributed by atoms with van der Waals surface area (Å²) >= 11 is 0. The first-order chi connectivity index (χ1) is 7.06. The van der Waals surface area contributed by atoms with E-state index in [2.05, 4.69) is 19.1 Å². The Morgan fingerprint density at radius 2 is 1.60 bits per heavy atom. The average Bonchev–Trinajstić information content (AvgIpc) is 2.14. The Morgan fingerprint density at radius 3 is 2.20 bits per heavy atom. The van der Waals surface area contributed by atoms with Gasteiger partial charge in [0.05, 0.1) is 5.75 Å². The minimum absolute atomic E-state index is 0.0945. The standard InChI is InChI=1S/C11H22O3S/c1-2-3-4-5-6-7-8-9-10-11-15(12,13)14/h3-4H,2,5-11H2,1H3,(H,12,13,14). The highest BCUT2D eigenvalue weighted by Crippen LogP contribution is 2.06. The molecule has 0 atom stereocenters. The molecule has 0 saturated carbocycles. The molecule has 0 aromatic heterocycles. The van der Waals surface area contributed by atoms with Gasteiger partial charge in [-0.15, -0.1) is 0 Å². The third kappa shape index (κ3) is 13.7. The molecule has 0 aliphatic rings. The lowest BCUT2D eigenvalue weighted by Gasteiger charge is -1.98. The van der Waals surface area contributed by atoms with Gasteiger partial charge >= 0.3 is 0 Å². The first-order valence-corrected chi connectivity index (χ1v) is 7.27. The van der Waals surface area contributed by atoms with Crippen molar-refractivity contribution in [3.8, 4) is 0 Å². The van der Waals surface area contributed by atoms with E-state index in [1.54, 1.807) is 0 Å². The van der Waals surface area contributed by atoms with Crippen molar-refractivity contribution in [3.63, 3.8) is 0 Å². The molecular weight excluding hydrogens is 212 g/mol. The van der Waals surface area contributed by atoms with Crippen molar-refractivity contribution in [3.05, 3.63) is 12.2 Å². The smallest absolute Gasteiger partial charge is 0.264 e. The molecule has 0 bridgehead atoms. The van der Waals surface area contributed by atoms with E-state index in [1.165, 1.54) is 6.42 Å². The minimum Gasteiger partial charge on any atom is -0.286 e. The van der Waals surface area contributed by atoms with E-state index >= 15 is 0 Å². The molecule has 0 unspecified atom stereocenters. The van der Waals surface area contributed by atoms with Crippen LogP contribution in [0.25, 0.3) is 0 Å². The molecule has 0 amide bonds. The Morgan fingerprint density at radius 1 is 1.00 bits per heavy atom. The van der Waals surface area contributed by atoms with Gasteiger partial charge in [0.1, 0.15) is 0 Å². The highest BCUT2D eigenvalue weighted by Gasteiger charge is 2.02. The quantitative estimate of drug-likeness (QED) is 0.379. The minimum atomic E-state index is -3.74. The van der Waals surface area contributed by atoms with E-state index in [4.69, 9.17) is 4.55 Å². The summed E-state index contributed by atoms with van der Waals surface area (Å²) < 4.78 is 29.3. The predicted molar refractivity (Wildman–Crippen MR) is 63.5 cm³/mol. The number of hydrogen-bond acceptors (Lipinski definition) is 2. The van der Waals surface area contributed by atoms with Crippen molar-refractivity contribution in [2.24, 2.45) is 0 Å². The monoisotopic (exact) mass is 234 g/mol. The van der Waals surface area contributed by atoms with Gasteiger partial charge in [-0.2, -0.15) is 8.42 Å². The summed E-state index contributed by atoms with van der Waals surface area (Å²) in [5.41, 5.74) is 0. The van der Waals surface area contributed by atoms with Crippen LogP contribution in [-0.4, -0.2) is 18.7 Å². The summed E-state index contributed by atoms with van der Waals surface area (Å²) in [6.07, 6.45) is 11.4. The lowest BCUT2D eigenvalue weighted by atomic mass is 10.1. The molecule has 0 heterocycles. The van der Waals surface area contributed by atoms with Crippen molar-refractivity contribution >= 4 is 10.1 Å². The summed E-state index contributed by atoms with van der Waals surface area (Å²) in [5.74, 6) is -0.0945. The van der Waals surface area contributed by atoms with E-state index in [1.807, 2.05) is 0 Å². The van der Waals surface area contributed by atoms with Crippen molar-refractivity contribution in [2.75, 3.05) is 5.75 Å². The van der Waals surface area contributed by atoms with Crippen LogP contribution < -0.4 is 0 Å². The second-order valence-corrected chi connectivity index (χ2v) is 5.29. The van der Waals surface area contributed by atoms with Gasteiger partial charge in [0.15, 0.2) is 0 Å². The summed E-state index contributed by atoms with van der Waals surface area (Å²) in [5, 5.41) is 0. The topological polar surface area (TPSA) is 54.4 Å². The molecule has 15 heavy (non-hydrogen) atoms. The van der Waals surface area contributed by atoms with Crippen LogP contribution in [0.5, 0.6) is 0 Å². The molecule has 0 aliphatic carbocycles. The fourth-order valence-electron chi connectivity index (χ4n) is 1.36. The van der Waals surface area contributed by atoms with Crippen LogP contribution >= 0.6 is 0 Å². The normalized spacial score (nSPS) is 12.4. The second kappa shape index (κ2) is 8.92. The van der Waals surface area contributed by atoms with E-state index in [0.717, 1.165) is 32.1 Å². The van der Waals surface area contributed by atoms with Gasteiger partial charge in [0, 0.05) is 0 Å². The van der Waals surface area contributed by atoms with Crippen molar-refractivity contribution in [2.45, 2.75) is 51.9 Å². The van der Waals surface area contributed by atoms with E-state index in [0.29, 0.717) is 6.42 Å². The maximum atomic E-state index is 10.4. The van der Waals surface area contributed by atoms with Crippen molar-refractivity contribution < 1.29 is 13.0 Å². The number of hydrogen-bond donors (Lipinski definition) is 1. The lowest BCUT2D eigenvalue weighted by Crippen LogP contribution is -2.03. The molecule has 0 rings (SSSR count). The SMILES string of the molecule is CCC=CCCCCCCCS(=O)(=O)O. The highest BCUT2D eigenvalue weighted by molar-refractivity contribution is 7.85. The van der Waals surface area contributed by atoms with E-state index in [-0.39, 0.29) is 5.75 Å². The third-order valence-corrected chi connectivity index (χ3v) is 2.98. The summed E-state index contributed by atoms with van der Waals surface area (Å²) in [6, 6.07) is 0. The molecule has 0 saturated heterocycles. The average molecular weight is 234 g/mol. The Kier molecular flexibility index (Phi) is 8.71. The zero-order valence-corrected chi connectivity index (χ0v) is 10.3. The zero-order chi connectivity index (χ0) is 11.6. The third-order valence-electron chi connectivity index (χ3n) is 2.18. The van der Waals surface area contributed by atoms with Crippen LogP contribution in [0.3, 0.4) is 0 Å². The van der Waals surface area contributed by atoms with Gasteiger partial charge in [0.25, 0.3) is 10.1 Å². The highest BCUT2D eigenvalue weighted by atomic mass is 32.2. The number of rotatable bonds is 9. The van der Waals surface area contributed by atoms with Crippen molar-refractivity contribution in [1.29, 1.82) is 0 Å². The Balaban J connectivity index is 3.15. The zero-order valence-electron chi connectivity index (χ0n) is 9.48. The largest absolute Gasteiger partial charge is 0.286 e. The lowest BCUT2D eigenvalue weighted by molar-refractivity contribution is 0.479. The van der Waals surface area contributed by atoms with Crippen LogP contribution in [0, 0.1) is 0 Å². The molecule has 1 N–H and O–H groups in total. The van der Waals surface area contributed by atoms with Gasteiger partial charge in [0.2, 0.25) is 0 Å². The van der Waals surface area contributed by atoms with Crippen LogP contribution in [-0.2, 0) is 10.1 Å². The number of unbranched alkanes of at least 4 members (excludes halogenated alkanes) is 5. The molecule has 0 fully saturated rings. The van der Waals surface area contributed by atoms with Crippen LogP contribution in [0.2, 0.25) is 0 Å². The summed E-state index contributed by atoms with van der Waals surface area (Å²) in [7, 11) is -3.74. The predicted octanol–water partition coefficient (Wildman–Crippen LogP) is 3.18. The van der Waals surface area contributed by atoms with Gasteiger partial charge in [-0.25, -0.2) is 0 Å². The number of allylic oxidation sites excluding steroid dienone is 2. The first kappa shape index (κ1) is 14.6. The Bertz CT molecular complexity index is 255. The Hall–Kier alpha value is -0.350. The molecule has 0 spiro atoms.